The minimum Gasteiger partial charge on any atom is -0.458 e. The Morgan fingerprint density at radius 1 is 0.909 bits per heavy atom. The highest BCUT2D eigenvalue weighted by Crippen LogP contribution is 2.25. The number of allylic oxidation sites excluding steroid dienone is 4. The zero-order chi connectivity index (χ0) is 33.0. The third-order valence-electron chi connectivity index (χ3n) is 5.82. The Hall–Kier alpha value is -4.45. The van der Waals surface area contributed by atoms with E-state index in [1.165, 1.54) is 0 Å². The Balaban J connectivity index is 0.00000187. The molecule has 3 aromatic rings. The van der Waals surface area contributed by atoms with Crippen molar-refractivity contribution in [3.63, 3.8) is 0 Å². The topological polar surface area (TPSA) is 71.5 Å². The number of benzene rings is 2. The van der Waals surface area contributed by atoms with Crippen molar-refractivity contribution in [2.24, 2.45) is 0 Å². The van der Waals surface area contributed by atoms with Crippen LogP contribution in [0, 0.1) is 0 Å². The highest BCUT2D eigenvalue weighted by Gasteiger charge is 2.10. The average Bonchev–Trinajstić information content (AvgIpc) is 3.10. The van der Waals surface area contributed by atoms with Gasteiger partial charge in [-0.1, -0.05) is 84.0 Å². The maximum absolute atomic E-state index is 11.1. The number of aromatic nitrogens is 1. The molecule has 0 saturated carbocycles. The number of aldehydes is 1. The van der Waals surface area contributed by atoms with Crippen LogP contribution < -0.4 is 15.0 Å². The first-order chi connectivity index (χ1) is 21.7. The Morgan fingerprint density at radius 2 is 1.59 bits per heavy atom. The molecule has 238 valence electrons. The molecule has 1 aliphatic carbocycles. The van der Waals surface area contributed by atoms with E-state index in [0.717, 1.165) is 59.6 Å². The summed E-state index contributed by atoms with van der Waals surface area (Å²) in [4.78, 5) is 28.6. The van der Waals surface area contributed by atoms with Gasteiger partial charge in [0.1, 0.15) is 23.6 Å². The highest BCUT2D eigenvalue weighted by molar-refractivity contribution is 5.75. The van der Waals surface area contributed by atoms with Gasteiger partial charge in [0.15, 0.2) is 0 Å². The van der Waals surface area contributed by atoms with E-state index >= 15 is 0 Å². The van der Waals surface area contributed by atoms with E-state index in [-0.39, 0.29) is 0 Å². The number of nitrogens with one attached hydrogen (secondary N) is 1. The summed E-state index contributed by atoms with van der Waals surface area (Å²) >= 11 is 0. The Kier molecular flexibility index (Phi) is 23.5. The van der Waals surface area contributed by atoms with Gasteiger partial charge >= 0.3 is 0 Å². The third kappa shape index (κ3) is 15.1. The van der Waals surface area contributed by atoms with Crippen LogP contribution in [0.4, 0.5) is 5.82 Å². The minimum absolute atomic E-state index is 0.522. The van der Waals surface area contributed by atoms with Crippen molar-refractivity contribution in [3.05, 3.63) is 115 Å². The van der Waals surface area contributed by atoms with Crippen molar-refractivity contribution in [2.75, 3.05) is 24.5 Å². The second-order valence-electron chi connectivity index (χ2n) is 8.70. The number of hydrogen-bond acceptors (Lipinski definition) is 5. The van der Waals surface area contributed by atoms with E-state index < -0.39 is 0 Å². The van der Waals surface area contributed by atoms with Gasteiger partial charge in [0.2, 0.25) is 6.41 Å². The summed E-state index contributed by atoms with van der Waals surface area (Å²) in [5.41, 5.74) is 3.83. The fraction of sp³-hybridized carbons (Fsp3) is 0.342. The zero-order valence-electron chi connectivity index (χ0n) is 27.9. The van der Waals surface area contributed by atoms with E-state index in [0.29, 0.717) is 31.6 Å². The average molecular weight is 600 g/mol. The largest absolute Gasteiger partial charge is 0.458 e. The van der Waals surface area contributed by atoms with E-state index in [1.807, 2.05) is 109 Å². The van der Waals surface area contributed by atoms with E-state index in [1.54, 1.807) is 12.1 Å². The van der Waals surface area contributed by atoms with Gasteiger partial charge in [0.05, 0.1) is 0 Å². The molecule has 2 aromatic carbocycles. The molecule has 1 aliphatic rings. The molecule has 44 heavy (non-hydrogen) atoms. The maximum atomic E-state index is 11.1. The van der Waals surface area contributed by atoms with Gasteiger partial charge in [-0.3, -0.25) is 9.59 Å². The number of hydrogen-bond donors (Lipinski definition) is 1. The van der Waals surface area contributed by atoms with Crippen molar-refractivity contribution in [1.82, 2.24) is 10.3 Å². The summed E-state index contributed by atoms with van der Waals surface area (Å²) in [6.45, 7) is 19.1. The third-order valence-corrected chi connectivity index (χ3v) is 5.82. The molecule has 6 nitrogen and oxygen atoms in total. The Bertz CT molecular complexity index is 1230. The van der Waals surface area contributed by atoms with Crippen LogP contribution in [0.3, 0.4) is 0 Å². The number of pyridine rings is 1. The van der Waals surface area contributed by atoms with Gasteiger partial charge in [-0.25, -0.2) is 4.98 Å². The smallest absolute Gasteiger partial charge is 0.207 e. The number of carbonyl (C=O) groups is 2. The molecule has 0 fully saturated rings. The number of ether oxygens (including phenoxy) is 1. The van der Waals surface area contributed by atoms with Crippen molar-refractivity contribution < 1.29 is 14.3 Å². The molecule has 1 heterocycles. The molecule has 6 heteroatoms. The minimum atomic E-state index is 0.522. The number of anilines is 1. The Morgan fingerprint density at radius 3 is 2.16 bits per heavy atom. The van der Waals surface area contributed by atoms with E-state index in [9.17, 15) is 9.59 Å². The second-order valence-corrected chi connectivity index (χ2v) is 8.70. The predicted molar refractivity (Wildman–Crippen MR) is 188 cm³/mol. The van der Waals surface area contributed by atoms with Crippen molar-refractivity contribution >= 4 is 18.5 Å². The molecular formula is C38H53N3O3. The molecule has 0 saturated heterocycles. The lowest BCUT2D eigenvalue weighted by molar-refractivity contribution is -0.109. The normalized spacial score (nSPS) is 10.7. The summed E-state index contributed by atoms with van der Waals surface area (Å²) < 4.78 is 5.92. The van der Waals surface area contributed by atoms with Gasteiger partial charge in [0, 0.05) is 37.0 Å². The predicted octanol–water partition coefficient (Wildman–Crippen LogP) is 9.24. The van der Waals surface area contributed by atoms with Crippen molar-refractivity contribution in [2.45, 2.75) is 67.7 Å². The zero-order valence-corrected chi connectivity index (χ0v) is 27.9. The fourth-order valence-corrected chi connectivity index (χ4v) is 3.95. The standard InChI is InChI=1S/C29H29N3O3.C3H6.3C2H6/c33-21-24-6-4-5-23(19-24)15-17-32(18-16-30-22-34)29-14-11-26(20-31-29)25-9-12-28(13-10-25)35-27-7-2-1-3-8-27;1-3-2;3*1-2/h2,4-14,19-22H,1,3,15-18H2,(H,30,34);3H,1H2,2H3;3*1-2H3. The molecule has 4 rings (SSSR count). The first kappa shape index (κ1) is 39.6. The van der Waals surface area contributed by atoms with E-state index in [2.05, 4.69) is 35.0 Å². The highest BCUT2D eigenvalue weighted by atomic mass is 16.5. The summed E-state index contributed by atoms with van der Waals surface area (Å²) in [6.07, 6.45) is 14.3. The molecule has 0 radical (unpaired) electrons. The lowest BCUT2D eigenvalue weighted by Gasteiger charge is -2.24. The van der Waals surface area contributed by atoms with Gasteiger partial charge in [-0.2, -0.15) is 0 Å². The number of amides is 1. The Labute approximate surface area is 266 Å². The lowest BCUT2D eigenvalue weighted by atomic mass is 10.1. The maximum Gasteiger partial charge on any atom is 0.207 e. The summed E-state index contributed by atoms with van der Waals surface area (Å²) in [5, 5.41) is 2.72. The molecule has 0 aliphatic heterocycles. The monoisotopic (exact) mass is 599 g/mol. The quantitative estimate of drug-likeness (QED) is 0.128. The first-order valence-corrected chi connectivity index (χ1v) is 15.8. The second kappa shape index (κ2) is 26.2. The van der Waals surface area contributed by atoms with Crippen molar-refractivity contribution in [1.29, 1.82) is 0 Å². The number of carbonyl (C=O) groups excluding carboxylic acids is 2. The number of nitrogens with zero attached hydrogens (tertiary/aromatic N) is 2. The van der Waals surface area contributed by atoms with Crippen LogP contribution in [-0.2, 0) is 11.2 Å². The first-order valence-electron chi connectivity index (χ1n) is 15.8. The van der Waals surface area contributed by atoms with E-state index in [4.69, 9.17) is 9.72 Å². The van der Waals surface area contributed by atoms with Gasteiger partial charge in [-0.15, -0.1) is 6.58 Å². The van der Waals surface area contributed by atoms with Crippen LogP contribution >= 0.6 is 0 Å². The molecule has 1 aromatic heterocycles. The van der Waals surface area contributed by atoms with Crippen LogP contribution in [0.2, 0.25) is 0 Å². The fourth-order valence-electron chi connectivity index (χ4n) is 3.95. The van der Waals surface area contributed by atoms with Crippen molar-refractivity contribution in [3.8, 4) is 16.9 Å². The van der Waals surface area contributed by atoms with Gasteiger partial charge in [-0.05, 0) is 79.8 Å². The molecule has 0 bridgehead atoms. The van der Waals surface area contributed by atoms with Crippen LogP contribution in [0.25, 0.3) is 11.1 Å². The SMILES string of the molecule is C=CC.CC.CC.CC.O=CNCCN(CCc1cccc(C=O)c1)c1ccc(-c2ccc(OC3=CCCC=C3)cc2)cn1. The van der Waals surface area contributed by atoms with Crippen LogP contribution in [-0.4, -0.2) is 37.3 Å². The molecule has 0 atom stereocenters. The number of rotatable bonds is 12. The van der Waals surface area contributed by atoms with Gasteiger partial charge < -0.3 is 15.0 Å². The summed E-state index contributed by atoms with van der Waals surface area (Å²) in [5.74, 6) is 2.53. The lowest BCUT2D eigenvalue weighted by Crippen LogP contribution is -2.33. The van der Waals surface area contributed by atoms with Gasteiger partial charge in [0.25, 0.3) is 0 Å². The van der Waals surface area contributed by atoms with Crippen LogP contribution in [0.15, 0.2) is 104 Å². The summed E-state index contributed by atoms with van der Waals surface area (Å²) in [6, 6.07) is 19.7. The molecule has 0 unspecified atom stereocenters. The molecule has 0 spiro atoms. The molecular weight excluding hydrogens is 546 g/mol. The summed E-state index contributed by atoms with van der Waals surface area (Å²) in [7, 11) is 0. The van der Waals surface area contributed by atoms with Crippen LogP contribution in [0.1, 0.15) is 77.2 Å². The molecule has 1 N–H and O–H groups in total. The molecule has 1 amide bonds. The van der Waals surface area contributed by atoms with Crippen LogP contribution in [0.5, 0.6) is 5.75 Å².